The van der Waals surface area contributed by atoms with Crippen LogP contribution in [0.2, 0.25) is 0 Å². The quantitative estimate of drug-likeness (QED) is 0.410. The molecule has 3 heterocycles. The lowest BCUT2D eigenvalue weighted by Gasteiger charge is -2.19. The number of aromatic nitrogens is 3. The van der Waals surface area contributed by atoms with Gasteiger partial charge in [0.25, 0.3) is 5.91 Å². The van der Waals surface area contributed by atoms with Crippen molar-refractivity contribution in [3.63, 3.8) is 0 Å². The van der Waals surface area contributed by atoms with Crippen LogP contribution in [-0.2, 0) is 6.54 Å². The smallest absolute Gasteiger partial charge is 0.259 e. The van der Waals surface area contributed by atoms with Gasteiger partial charge in [-0.25, -0.2) is 0 Å². The second kappa shape index (κ2) is 10.0. The predicted molar refractivity (Wildman–Crippen MR) is 132 cm³/mol. The molecule has 0 saturated heterocycles. The minimum absolute atomic E-state index is 0.0371. The van der Waals surface area contributed by atoms with E-state index in [0.29, 0.717) is 65.8 Å². The van der Waals surface area contributed by atoms with Crippen molar-refractivity contribution in [1.82, 2.24) is 19.5 Å². The van der Waals surface area contributed by atoms with E-state index in [4.69, 9.17) is 9.47 Å². The Bertz CT molecular complexity index is 1480. The van der Waals surface area contributed by atoms with Gasteiger partial charge in [0, 0.05) is 24.8 Å². The molecule has 36 heavy (non-hydrogen) atoms. The zero-order valence-electron chi connectivity index (χ0n) is 19.6. The molecule has 0 bridgehead atoms. The molecule has 10 nitrogen and oxygen atoms in total. The molecule has 0 unspecified atom stereocenters. The first kappa shape index (κ1) is 23.3. The maximum atomic E-state index is 13.4. The van der Waals surface area contributed by atoms with Gasteiger partial charge in [0.1, 0.15) is 25.6 Å². The molecule has 4 aromatic rings. The average Bonchev–Trinajstić information content (AvgIpc) is 3.36. The molecule has 1 aliphatic rings. The minimum Gasteiger partial charge on any atom is -0.486 e. The number of aliphatic hydroxyl groups is 1. The van der Waals surface area contributed by atoms with Crippen LogP contribution in [0.1, 0.15) is 21.5 Å². The molecule has 2 N–H and O–H groups in total. The number of aliphatic hydroxyl groups excluding tert-OH is 1. The maximum Gasteiger partial charge on any atom is 0.259 e. The third kappa shape index (κ3) is 4.57. The van der Waals surface area contributed by atoms with Crippen molar-refractivity contribution in [2.24, 2.45) is 0 Å². The van der Waals surface area contributed by atoms with Crippen molar-refractivity contribution in [2.45, 2.75) is 6.54 Å². The summed E-state index contributed by atoms with van der Waals surface area (Å²) in [4.78, 5) is 15.3. The molecular weight excluding hydrogens is 460 g/mol. The molecule has 5 rings (SSSR count). The Morgan fingerprint density at radius 3 is 2.86 bits per heavy atom. The third-order valence-corrected chi connectivity index (χ3v) is 5.91. The number of fused-ring (bicyclic) bond motifs is 2. The number of nitrogens with zero attached hydrogens (tertiary/aromatic N) is 5. The van der Waals surface area contributed by atoms with E-state index in [1.54, 1.807) is 22.6 Å². The number of benzene rings is 2. The van der Waals surface area contributed by atoms with Gasteiger partial charge in [0.05, 0.1) is 23.4 Å². The molecule has 0 fully saturated rings. The Hall–Kier alpha value is -4.46. The Balaban J connectivity index is 1.48. The van der Waals surface area contributed by atoms with E-state index < -0.39 is 5.91 Å². The fraction of sp³-hybridized carbons (Fsp3) is 0.231. The zero-order chi connectivity index (χ0) is 25.1. The average molecular weight is 485 g/mol. The van der Waals surface area contributed by atoms with E-state index >= 15 is 0 Å². The molecule has 0 saturated carbocycles. The van der Waals surface area contributed by atoms with Gasteiger partial charge >= 0.3 is 0 Å². The standard InChI is InChI=1S/C26H24N6O4/c1-31(7-8-33)14-17-11-20(25-30-28-16-32(25)15-17)26(34)29-22-4-2-3-19(21(22)13-27)18-5-6-23-24(12-18)36-10-9-35-23/h2-6,11-12,15-16,33H,7-10,14H2,1H3,(H,29,34). The van der Waals surface area contributed by atoms with Crippen LogP contribution >= 0.6 is 0 Å². The van der Waals surface area contributed by atoms with Gasteiger partial charge in [-0.15, -0.1) is 10.2 Å². The van der Waals surface area contributed by atoms with Crippen LogP contribution in [0.3, 0.4) is 0 Å². The van der Waals surface area contributed by atoms with Gasteiger partial charge in [0.2, 0.25) is 0 Å². The molecule has 0 spiro atoms. The lowest BCUT2D eigenvalue weighted by Crippen LogP contribution is -2.22. The van der Waals surface area contributed by atoms with Crippen LogP contribution in [-0.4, -0.2) is 63.9 Å². The van der Waals surface area contributed by atoms with Gasteiger partial charge in [-0.05, 0) is 42.4 Å². The molecule has 1 amide bonds. The zero-order valence-corrected chi connectivity index (χ0v) is 19.6. The Labute approximate surface area is 207 Å². The highest BCUT2D eigenvalue weighted by Gasteiger charge is 2.19. The Morgan fingerprint density at radius 1 is 1.22 bits per heavy atom. The monoisotopic (exact) mass is 484 g/mol. The first-order valence-electron chi connectivity index (χ1n) is 11.4. The molecular formula is C26H24N6O4. The molecule has 2 aromatic heterocycles. The lowest BCUT2D eigenvalue weighted by molar-refractivity contribution is 0.102. The number of rotatable bonds is 7. The number of nitrogens with one attached hydrogen (secondary N) is 1. The summed E-state index contributed by atoms with van der Waals surface area (Å²) < 4.78 is 13.0. The molecule has 1 aliphatic heterocycles. The number of ether oxygens (including phenoxy) is 2. The highest BCUT2D eigenvalue weighted by Crippen LogP contribution is 2.37. The number of hydrogen-bond donors (Lipinski definition) is 2. The Morgan fingerprint density at radius 2 is 2.06 bits per heavy atom. The summed E-state index contributed by atoms with van der Waals surface area (Å²) in [5.41, 5.74) is 3.75. The SMILES string of the molecule is CN(CCO)Cc1cc(C(=O)Nc2cccc(-c3ccc4c(c3)OCCO4)c2C#N)c2nncn2c1. The number of carbonyl (C=O) groups excluding carboxylic acids is 1. The van der Waals surface area contributed by atoms with E-state index in [9.17, 15) is 15.2 Å². The van der Waals surface area contributed by atoms with Crippen molar-refractivity contribution in [2.75, 3.05) is 38.7 Å². The van der Waals surface area contributed by atoms with Crippen LogP contribution in [0.25, 0.3) is 16.8 Å². The van der Waals surface area contributed by atoms with Crippen molar-refractivity contribution in [3.8, 4) is 28.7 Å². The van der Waals surface area contributed by atoms with Gasteiger partial charge in [-0.3, -0.25) is 14.1 Å². The summed E-state index contributed by atoms with van der Waals surface area (Å²) in [6, 6.07) is 14.8. The Kier molecular flexibility index (Phi) is 6.49. The normalized spacial score (nSPS) is 12.5. The van der Waals surface area contributed by atoms with E-state index in [1.165, 1.54) is 6.33 Å². The lowest BCUT2D eigenvalue weighted by atomic mass is 9.98. The highest BCUT2D eigenvalue weighted by atomic mass is 16.6. The number of hydrogen-bond acceptors (Lipinski definition) is 8. The largest absolute Gasteiger partial charge is 0.486 e. The summed E-state index contributed by atoms with van der Waals surface area (Å²) in [6.45, 7) is 2.02. The van der Waals surface area contributed by atoms with E-state index in [-0.39, 0.29) is 6.61 Å². The topological polar surface area (TPSA) is 125 Å². The number of pyridine rings is 1. The van der Waals surface area contributed by atoms with Crippen LogP contribution in [0, 0.1) is 11.3 Å². The molecule has 0 radical (unpaired) electrons. The summed E-state index contributed by atoms with van der Waals surface area (Å²) >= 11 is 0. The van der Waals surface area contributed by atoms with Gasteiger partial charge < -0.3 is 19.9 Å². The highest BCUT2D eigenvalue weighted by molar-refractivity contribution is 6.09. The molecule has 0 atom stereocenters. The summed E-state index contributed by atoms with van der Waals surface area (Å²) in [5.74, 6) is 0.875. The molecule has 2 aromatic carbocycles. The molecule has 182 valence electrons. The second-order valence-corrected chi connectivity index (χ2v) is 8.44. The predicted octanol–water partition coefficient (Wildman–Crippen LogP) is 2.72. The maximum absolute atomic E-state index is 13.4. The van der Waals surface area contributed by atoms with Crippen molar-refractivity contribution in [1.29, 1.82) is 5.26 Å². The summed E-state index contributed by atoms with van der Waals surface area (Å²) in [5, 5.41) is 30.1. The molecule has 0 aliphatic carbocycles. The van der Waals surface area contributed by atoms with Gasteiger partial charge in [-0.1, -0.05) is 18.2 Å². The number of amides is 1. The fourth-order valence-corrected chi connectivity index (χ4v) is 4.23. The van der Waals surface area contributed by atoms with E-state index in [0.717, 1.165) is 11.1 Å². The first-order chi connectivity index (χ1) is 17.6. The van der Waals surface area contributed by atoms with E-state index in [1.807, 2.05) is 42.4 Å². The second-order valence-electron chi connectivity index (χ2n) is 8.44. The van der Waals surface area contributed by atoms with E-state index in [2.05, 4.69) is 21.6 Å². The van der Waals surface area contributed by atoms with Crippen LogP contribution in [0.4, 0.5) is 5.69 Å². The minimum atomic E-state index is -0.407. The number of carbonyl (C=O) groups is 1. The number of likely N-dealkylation sites (N-methyl/N-ethyl adjacent to an activating group) is 1. The summed E-state index contributed by atoms with van der Waals surface area (Å²) in [6.07, 6.45) is 3.38. The summed E-state index contributed by atoms with van der Waals surface area (Å²) in [7, 11) is 1.88. The third-order valence-electron chi connectivity index (χ3n) is 5.91. The van der Waals surface area contributed by atoms with Crippen molar-refractivity contribution >= 4 is 17.2 Å². The van der Waals surface area contributed by atoms with Gasteiger partial charge in [-0.2, -0.15) is 5.26 Å². The number of nitriles is 1. The first-order valence-corrected chi connectivity index (χ1v) is 11.4. The van der Waals surface area contributed by atoms with Crippen LogP contribution in [0.5, 0.6) is 11.5 Å². The van der Waals surface area contributed by atoms with Crippen molar-refractivity contribution < 1.29 is 19.4 Å². The van der Waals surface area contributed by atoms with Crippen molar-refractivity contribution in [3.05, 3.63) is 71.7 Å². The fourth-order valence-electron chi connectivity index (χ4n) is 4.23. The van der Waals surface area contributed by atoms with Gasteiger partial charge in [0.15, 0.2) is 17.1 Å². The molecule has 10 heteroatoms. The van der Waals surface area contributed by atoms with Crippen LogP contribution < -0.4 is 14.8 Å². The van der Waals surface area contributed by atoms with Crippen LogP contribution in [0.15, 0.2) is 55.0 Å². The number of anilines is 1.